The first-order valence-electron chi connectivity index (χ1n) is 5.91. The third-order valence-corrected chi connectivity index (χ3v) is 3.06. The fourth-order valence-electron chi connectivity index (χ4n) is 1.85. The molecular formula is C12H9F7N2O2. The van der Waals surface area contributed by atoms with Gasteiger partial charge in [-0.15, -0.1) is 0 Å². The molecule has 2 rings (SSSR count). The molecule has 1 aromatic heterocycles. The smallest absolute Gasteiger partial charge is 0.460 e. The van der Waals surface area contributed by atoms with Crippen molar-refractivity contribution in [1.29, 1.82) is 0 Å². The molecular weight excluding hydrogens is 337 g/mol. The van der Waals surface area contributed by atoms with Crippen molar-refractivity contribution in [3.05, 3.63) is 18.0 Å². The average Bonchev–Trinajstić information content (AvgIpc) is 2.90. The van der Waals surface area contributed by atoms with E-state index in [-0.39, 0.29) is 22.5 Å². The maximum atomic E-state index is 13.7. The van der Waals surface area contributed by atoms with Crippen molar-refractivity contribution in [2.24, 2.45) is 0 Å². The number of hydrogen-bond donors (Lipinski definition) is 1. The fourth-order valence-corrected chi connectivity index (χ4v) is 1.85. The van der Waals surface area contributed by atoms with Crippen LogP contribution in [0.5, 0.6) is 11.5 Å². The summed E-state index contributed by atoms with van der Waals surface area (Å²) in [6.07, 6.45) is -6.45. The Kier molecular flexibility index (Phi) is 3.86. The fraction of sp³-hybridized carbons (Fsp3) is 0.417. The minimum atomic E-state index is -6.45. The first kappa shape index (κ1) is 17.2. The number of nitrogens with zero attached hydrogens (tertiary/aromatic N) is 1. The van der Waals surface area contributed by atoms with Gasteiger partial charge < -0.3 is 14.5 Å². The summed E-state index contributed by atoms with van der Waals surface area (Å²) in [5.74, 6) is -14.0. The van der Waals surface area contributed by atoms with E-state index in [1.165, 1.54) is 12.1 Å². The van der Waals surface area contributed by atoms with Gasteiger partial charge in [0.2, 0.25) is 0 Å². The van der Waals surface area contributed by atoms with Crippen molar-refractivity contribution in [1.82, 2.24) is 9.97 Å². The van der Waals surface area contributed by atoms with Crippen LogP contribution >= 0.6 is 0 Å². The Hall–Kier alpha value is -2.20. The van der Waals surface area contributed by atoms with Crippen LogP contribution in [0.25, 0.3) is 11.0 Å². The Morgan fingerprint density at radius 1 is 0.913 bits per heavy atom. The SMILES string of the molecule is COc1ccc(OC)c2[nH]c(C(F)(F)C(F)(F)C(F)(F)F)nc12. The standard InChI is InChI=1S/C12H9F7N2O2/c1-22-5-3-4-6(23-2)8-7(5)20-9(21-8)10(13,14)11(15,16)12(17,18)19/h3-4H,1-2H3,(H,20,21). The van der Waals surface area contributed by atoms with Crippen molar-refractivity contribution in [2.45, 2.75) is 18.0 Å². The lowest BCUT2D eigenvalue weighted by Crippen LogP contribution is -2.50. The lowest BCUT2D eigenvalue weighted by molar-refractivity contribution is -0.361. The number of hydrogen-bond acceptors (Lipinski definition) is 3. The number of nitrogens with one attached hydrogen (secondary N) is 1. The van der Waals surface area contributed by atoms with Crippen LogP contribution < -0.4 is 9.47 Å². The third kappa shape index (κ3) is 2.43. The molecule has 0 radical (unpaired) electrons. The molecule has 0 amide bonds. The Morgan fingerprint density at radius 3 is 1.91 bits per heavy atom. The van der Waals surface area contributed by atoms with E-state index in [0.717, 1.165) is 14.2 Å². The van der Waals surface area contributed by atoms with E-state index in [1.807, 2.05) is 0 Å². The van der Waals surface area contributed by atoms with E-state index in [0.29, 0.717) is 0 Å². The number of alkyl halides is 7. The number of rotatable bonds is 4. The molecule has 0 atom stereocenters. The van der Waals surface area contributed by atoms with Gasteiger partial charge in [0.15, 0.2) is 5.82 Å². The molecule has 0 aliphatic carbocycles. The first-order valence-corrected chi connectivity index (χ1v) is 5.91. The predicted octanol–water partition coefficient (Wildman–Crippen LogP) is 3.87. The van der Waals surface area contributed by atoms with Crippen molar-refractivity contribution in [3.8, 4) is 11.5 Å². The summed E-state index contributed by atoms with van der Waals surface area (Å²) in [6, 6.07) is 2.50. The molecule has 1 heterocycles. The number of ether oxygens (including phenoxy) is 2. The van der Waals surface area contributed by atoms with Gasteiger partial charge in [0.25, 0.3) is 0 Å². The molecule has 11 heteroatoms. The van der Waals surface area contributed by atoms with Crippen LogP contribution in [-0.4, -0.2) is 36.3 Å². The normalized spacial score (nSPS) is 13.4. The van der Waals surface area contributed by atoms with Gasteiger partial charge in [-0.1, -0.05) is 0 Å². The number of H-pyrrole nitrogens is 1. The minimum absolute atomic E-state index is 0.0781. The van der Waals surface area contributed by atoms with Crippen molar-refractivity contribution < 1.29 is 40.2 Å². The van der Waals surface area contributed by atoms with Crippen LogP contribution in [0, 0.1) is 0 Å². The van der Waals surface area contributed by atoms with E-state index in [9.17, 15) is 30.7 Å². The van der Waals surface area contributed by atoms with Crippen LogP contribution in [-0.2, 0) is 5.92 Å². The first-order chi connectivity index (χ1) is 10.5. The van der Waals surface area contributed by atoms with Gasteiger partial charge in [-0.3, -0.25) is 0 Å². The molecule has 0 saturated heterocycles. The molecule has 2 aromatic rings. The highest BCUT2D eigenvalue weighted by Gasteiger charge is 2.75. The van der Waals surface area contributed by atoms with Crippen LogP contribution in [0.15, 0.2) is 12.1 Å². The van der Waals surface area contributed by atoms with Gasteiger partial charge in [-0.2, -0.15) is 30.7 Å². The van der Waals surface area contributed by atoms with Gasteiger partial charge >= 0.3 is 18.0 Å². The third-order valence-electron chi connectivity index (χ3n) is 3.06. The number of methoxy groups -OCH3 is 2. The molecule has 4 nitrogen and oxygen atoms in total. The molecule has 1 aromatic carbocycles. The summed E-state index contributed by atoms with van der Waals surface area (Å²) in [5, 5.41) is 0. The lowest BCUT2D eigenvalue weighted by Gasteiger charge is -2.26. The predicted molar refractivity (Wildman–Crippen MR) is 64.1 cm³/mol. The molecule has 128 valence electrons. The minimum Gasteiger partial charge on any atom is -0.494 e. The quantitative estimate of drug-likeness (QED) is 0.855. The number of imidazole rings is 1. The molecule has 0 fully saturated rings. The van der Waals surface area contributed by atoms with Crippen LogP contribution in [0.2, 0.25) is 0 Å². The summed E-state index contributed by atoms with van der Waals surface area (Å²) in [5.41, 5.74) is -0.654. The molecule has 0 unspecified atom stereocenters. The maximum absolute atomic E-state index is 13.7. The van der Waals surface area contributed by atoms with E-state index in [4.69, 9.17) is 9.47 Å². The zero-order chi connectivity index (χ0) is 17.6. The zero-order valence-corrected chi connectivity index (χ0v) is 11.6. The Balaban J connectivity index is 2.69. The number of benzene rings is 1. The molecule has 0 aliphatic rings. The summed E-state index contributed by atoms with van der Waals surface area (Å²) < 4.78 is 99.9. The second-order valence-electron chi connectivity index (χ2n) is 4.43. The molecule has 0 aliphatic heterocycles. The molecule has 0 saturated carbocycles. The van der Waals surface area contributed by atoms with Crippen molar-refractivity contribution in [3.63, 3.8) is 0 Å². The zero-order valence-electron chi connectivity index (χ0n) is 11.6. The van der Waals surface area contributed by atoms with Crippen molar-refractivity contribution in [2.75, 3.05) is 14.2 Å². The Morgan fingerprint density at radius 2 is 1.43 bits per heavy atom. The second-order valence-corrected chi connectivity index (χ2v) is 4.43. The highest BCUT2D eigenvalue weighted by molar-refractivity contribution is 5.87. The number of aromatic amines is 1. The summed E-state index contributed by atoms with van der Waals surface area (Å²) >= 11 is 0. The number of fused-ring (bicyclic) bond motifs is 1. The van der Waals surface area contributed by atoms with E-state index in [2.05, 4.69) is 4.98 Å². The number of halogens is 7. The Bertz CT molecular complexity index is 683. The van der Waals surface area contributed by atoms with Crippen LogP contribution in [0.4, 0.5) is 30.7 Å². The van der Waals surface area contributed by atoms with Gasteiger partial charge in [-0.25, -0.2) is 4.98 Å². The number of aromatic nitrogens is 2. The largest absolute Gasteiger partial charge is 0.494 e. The molecule has 23 heavy (non-hydrogen) atoms. The van der Waals surface area contributed by atoms with Gasteiger partial charge in [-0.05, 0) is 12.1 Å². The van der Waals surface area contributed by atoms with E-state index >= 15 is 0 Å². The molecule has 0 bridgehead atoms. The molecule has 1 N–H and O–H groups in total. The van der Waals surface area contributed by atoms with E-state index in [1.54, 1.807) is 4.98 Å². The monoisotopic (exact) mass is 346 g/mol. The van der Waals surface area contributed by atoms with Gasteiger partial charge in [0.05, 0.1) is 14.2 Å². The maximum Gasteiger partial charge on any atom is 0.460 e. The lowest BCUT2D eigenvalue weighted by atomic mass is 10.1. The van der Waals surface area contributed by atoms with Crippen LogP contribution in [0.1, 0.15) is 5.82 Å². The highest BCUT2D eigenvalue weighted by atomic mass is 19.4. The molecule has 0 spiro atoms. The van der Waals surface area contributed by atoms with Crippen LogP contribution in [0.3, 0.4) is 0 Å². The van der Waals surface area contributed by atoms with Crippen molar-refractivity contribution >= 4 is 11.0 Å². The van der Waals surface area contributed by atoms with Gasteiger partial charge in [0, 0.05) is 0 Å². The Labute approximate surface area is 124 Å². The average molecular weight is 346 g/mol. The van der Waals surface area contributed by atoms with E-state index < -0.39 is 23.8 Å². The second kappa shape index (κ2) is 5.17. The summed E-state index contributed by atoms with van der Waals surface area (Å²) in [7, 11) is 2.31. The summed E-state index contributed by atoms with van der Waals surface area (Å²) in [4.78, 5) is 4.92. The van der Waals surface area contributed by atoms with Gasteiger partial charge in [0.1, 0.15) is 22.5 Å². The summed E-state index contributed by atoms with van der Waals surface area (Å²) in [6.45, 7) is 0. The highest BCUT2D eigenvalue weighted by Crippen LogP contribution is 2.51. The topological polar surface area (TPSA) is 47.1 Å².